The third kappa shape index (κ3) is 4.79. The monoisotopic (exact) mass is 282 g/mol. The Balaban J connectivity index is 0.000000861. The van der Waals surface area contributed by atoms with Crippen LogP contribution >= 0.6 is 11.6 Å². The minimum Gasteiger partial charge on any atom is -0.325 e. The van der Waals surface area contributed by atoms with Crippen LogP contribution in [0.25, 0.3) is 0 Å². The van der Waals surface area contributed by atoms with Gasteiger partial charge in [-0.25, -0.2) is 0 Å². The van der Waals surface area contributed by atoms with Crippen LogP contribution in [0.15, 0.2) is 18.2 Å². The molecule has 1 aromatic rings. The first-order valence-electron chi connectivity index (χ1n) is 7.21. The molecule has 0 atom stereocenters. The molecule has 0 spiro atoms. The van der Waals surface area contributed by atoms with Gasteiger partial charge < -0.3 is 10.6 Å². The number of rotatable bonds is 2. The van der Waals surface area contributed by atoms with Crippen LogP contribution in [-0.2, 0) is 6.42 Å². The van der Waals surface area contributed by atoms with Crippen LogP contribution in [0.4, 0.5) is 0 Å². The molecule has 1 aliphatic rings. The lowest BCUT2D eigenvalue weighted by Crippen LogP contribution is -2.50. The Kier molecular flexibility index (Phi) is 6.31. The third-order valence-corrected chi connectivity index (χ3v) is 4.07. The van der Waals surface area contributed by atoms with Crippen molar-refractivity contribution < 1.29 is 0 Å². The highest BCUT2D eigenvalue weighted by atomic mass is 35.5. The average Bonchev–Trinajstić information content (AvgIpc) is 2.39. The number of halogens is 1. The van der Waals surface area contributed by atoms with E-state index in [1.54, 1.807) is 0 Å². The number of hydrogen-bond donors (Lipinski definition) is 1. The third-order valence-electron chi connectivity index (χ3n) is 3.83. The molecule has 3 heteroatoms. The van der Waals surface area contributed by atoms with E-state index < -0.39 is 0 Å². The van der Waals surface area contributed by atoms with Crippen molar-refractivity contribution in [1.29, 1.82) is 0 Å². The first-order valence-corrected chi connectivity index (χ1v) is 7.59. The maximum atomic E-state index is 6.50. The minimum atomic E-state index is -0.0366. The van der Waals surface area contributed by atoms with Crippen molar-refractivity contribution in [2.24, 2.45) is 5.73 Å². The fourth-order valence-corrected chi connectivity index (χ4v) is 2.70. The van der Waals surface area contributed by atoms with E-state index in [1.165, 1.54) is 11.1 Å². The summed E-state index contributed by atoms with van der Waals surface area (Å²) in [5, 5.41) is 0.806. The number of benzene rings is 1. The van der Waals surface area contributed by atoms with Gasteiger partial charge in [0, 0.05) is 10.6 Å². The van der Waals surface area contributed by atoms with Crippen LogP contribution in [0, 0.1) is 6.92 Å². The van der Waals surface area contributed by atoms with E-state index in [0.29, 0.717) is 0 Å². The summed E-state index contributed by atoms with van der Waals surface area (Å²) < 4.78 is 0. The Morgan fingerprint density at radius 1 is 1.26 bits per heavy atom. The second-order valence-corrected chi connectivity index (χ2v) is 5.85. The van der Waals surface area contributed by atoms with Crippen molar-refractivity contribution in [3.8, 4) is 0 Å². The van der Waals surface area contributed by atoms with E-state index in [2.05, 4.69) is 24.9 Å². The Hall–Kier alpha value is -0.570. The Morgan fingerprint density at radius 3 is 2.37 bits per heavy atom. The van der Waals surface area contributed by atoms with Crippen LogP contribution in [0.1, 0.15) is 37.8 Å². The number of hydrogen-bond acceptors (Lipinski definition) is 2. The maximum Gasteiger partial charge on any atom is 0.0408 e. The number of piperidine rings is 1. The summed E-state index contributed by atoms with van der Waals surface area (Å²) in [6.45, 7) is 8.31. The van der Waals surface area contributed by atoms with E-state index in [1.807, 2.05) is 26.0 Å². The molecular formula is C16H27ClN2. The average molecular weight is 283 g/mol. The fourth-order valence-electron chi connectivity index (χ4n) is 2.48. The summed E-state index contributed by atoms with van der Waals surface area (Å²) in [6.07, 6.45) is 3.11. The van der Waals surface area contributed by atoms with E-state index in [9.17, 15) is 0 Å². The minimum absolute atomic E-state index is 0.0366. The summed E-state index contributed by atoms with van der Waals surface area (Å²) in [5.74, 6) is 0. The molecule has 0 radical (unpaired) electrons. The van der Waals surface area contributed by atoms with Crippen LogP contribution in [0.2, 0.25) is 5.02 Å². The lowest BCUT2D eigenvalue weighted by Gasteiger charge is -2.38. The number of nitrogens with two attached hydrogens (primary N) is 1. The second-order valence-electron chi connectivity index (χ2n) is 5.41. The number of aryl methyl sites for hydroxylation is 1. The lowest BCUT2D eigenvalue weighted by molar-refractivity contribution is 0.190. The van der Waals surface area contributed by atoms with E-state index >= 15 is 0 Å². The van der Waals surface area contributed by atoms with Crippen molar-refractivity contribution in [2.75, 3.05) is 20.1 Å². The maximum absolute atomic E-state index is 6.50. The highest BCUT2D eigenvalue weighted by molar-refractivity contribution is 6.30. The summed E-state index contributed by atoms with van der Waals surface area (Å²) >= 11 is 5.98. The molecule has 0 aromatic heterocycles. The van der Waals surface area contributed by atoms with Gasteiger partial charge in [-0.15, -0.1) is 0 Å². The second kappa shape index (κ2) is 7.28. The Morgan fingerprint density at radius 2 is 1.84 bits per heavy atom. The summed E-state index contributed by atoms with van der Waals surface area (Å²) in [5.41, 5.74) is 9.05. The van der Waals surface area contributed by atoms with Crippen LogP contribution in [0.5, 0.6) is 0 Å². The highest BCUT2D eigenvalue weighted by Crippen LogP contribution is 2.26. The molecule has 108 valence electrons. The zero-order valence-electron chi connectivity index (χ0n) is 12.7. The molecule has 0 saturated carbocycles. The molecule has 0 bridgehead atoms. The fraction of sp³-hybridized carbons (Fsp3) is 0.625. The topological polar surface area (TPSA) is 29.3 Å². The molecule has 0 amide bonds. The van der Waals surface area contributed by atoms with Crippen molar-refractivity contribution in [3.63, 3.8) is 0 Å². The molecule has 1 heterocycles. The van der Waals surface area contributed by atoms with Crippen LogP contribution in [0.3, 0.4) is 0 Å². The largest absolute Gasteiger partial charge is 0.325 e. The van der Waals surface area contributed by atoms with Crippen LogP contribution in [-0.4, -0.2) is 30.6 Å². The number of likely N-dealkylation sites (tertiary alicyclic amines) is 1. The normalized spacial score (nSPS) is 18.6. The van der Waals surface area contributed by atoms with Gasteiger partial charge in [-0.05, 0) is 69.6 Å². The standard InChI is InChI=1S/C14H21ClN2.C2H6/c1-11-9-13(15)4-3-12(11)10-14(16)5-7-17(2)8-6-14;1-2/h3-4,9H,5-8,10,16H2,1-2H3;1-2H3. The first-order chi connectivity index (χ1) is 8.98. The van der Waals surface area contributed by atoms with Crippen molar-refractivity contribution >= 4 is 11.6 Å². The molecular weight excluding hydrogens is 256 g/mol. The van der Waals surface area contributed by atoms with Gasteiger partial charge in [-0.3, -0.25) is 0 Å². The highest BCUT2D eigenvalue weighted by Gasteiger charge is 2.29. The molecule has 0 aliphatic carbocycles. The van der Waals surface area contributed by atoms with Gasteiger partial charge in [-0.2, -0.15) is 0 Å². The van der Waals surface area contributed by atoms with E-state index in [0.717, 1.165) is 37.4 Å². The Labute approximate surface area is 122 Å². The van der Waals surface area contributed by atoms with Gasteiger partial charge in [-0.1, -0.05) is 31.5 Å². The zero-order valence-corrected chi connectivity index (χ0v) is 13.4. The van der Waals surface area contributed by atoms with Crippen molar-refractivity contribution in [1.82, 2.24) is 4.90 Å². The predicted molar refractivity (Wildman–Crippen MR) is 84.9 cm³/mol. The lowest BCUT2D eigenvalue weighted by atomic mass is 9.82. The first kappa shape index (κ1) is 16.5. The van der Waals surface area contributed by atoms with E-state index in [4.69, 9.17) is 17.3 Å². The summed E-state index contributed by atoms with van der Waals surface area (Å²) in [4.78, 5) is 2.35. The molecule has 2 nitrogen and oxygen atoms in total. The molecule has 1 aromatic carbocycles. The van der Waals surface area contributed by atoms with Crippen LogP contribution < -0.4 is 5.73 Å². The summed E-state index contributed by atoms with van der Waals surface area (Å²) in [6, 6.07) is 6.10. The molecule has 2 rings (SSSR count). The molecule has 0 unspecified atom stereocenters. The quantitative estimate of drug-likeness (QED) is 0.897. The molecule has 1 aliphatic heterocycles. The molecule has 19 heavy (non-hydrogen) atoms. The predicted octanol–water partition coefficient (Wildman–Crippen LogP) is 3.64. The molecule has 2 N–H and O–H groups in total. The van der Waals surface area contributed by atoms with Gasteiger partial charge in [0.15, 0.2) is 0 Å². The van der Waals surface area contributed by atoms with Gasteiger partial charge in [0.1, 0.15) is 0 Å². The number of nitrogens with zero attached hydrogens (tertiary/aromatic N) is 1. The van der Waals surface area contributed by atoms with Crippen molar-refractivity contribution in [3.05, 3.63) is 34.3 Å². The van der Waals surface area contributed by atoms with Crippen molar-refractivity contribution in [2.45, 2.75) is 45.6 Å². The van der Waals surface area contributed by atoms with Gasteiger partial charge in [0.05, 0.1) is 0 Å². The van der Waals surface area contributed by atoms with Gasteiger partial charge in [0.25, 0.3) is 0 Å². The van der Waals surface area contributed by atoms with E-state index in [-0.39, 0.29) is 5.54 Å². The summed E-state index contributed by atoms with van der Waals surface area (Å²) in [7, 11) is 2.16. The molecule has 1 saturated heterocycles. The SMILES string of the molecule is CC.Cc1cc(Cl)ccc1CC1(N)CCN(C)CC1. The molecule has 1 fully saturated rings. The zero-order chi connectivity index (χ0) is 14.5. The van der Waals surface area contributed by atoms with Gasteiger partial charge >= 0.3 is 0 Å². The Bertz CT molecular complexity index is 396. The van der Waals surface area contributed by atoms with Gasteiger partial charge in [0.2, 0.25) is 0 Å². The smallest absolute Gasteiger partial charge is 0.0408 e.